The van der Waals surface area contributed by atoms with Gasteiger partial charge in [-0.05, 0) is 71.9 Å². The number of methoxy groups -OCH3 is 1. The van der Waals surface area contributed by atoms with Gasteiger partial charge < -0.3 is 9.47 Å². The van der Waals surface area contributed by atoms with E-state index in [-0.39, 0.29) is 24.8 Å². The minimum atomic E-state index is -0.684. The third-order valence-electron chi connectivity index (χ3n) is 7.92. The molecule has 1 saturated heterocycles. The standard InChI is InChI=1S/C34H32BrNO5/c1-4-41-34(39)31-27(24(18-21-8-6-5-7-9-21)19-22-10-16-26(40-3)17-11-22)20-28-30(33(38)36(2)32(28)37)29(31)23-12-14-25(35)15-13-23/h5-17,19,28-30H,4,18,20H2,1-3H3/b24-19+/t28-,29-,30-/m1/s1. The van der Waals surface area contributed by atoms with Crippen LogP contribution in [0.4, 0.5) is 0 Å². The molecule has 0 radical (unpaired) electrons. The molecule has 5 rings (SSSR count). The van der Waals surface area contributed by atoms with Crippen LogP contribution in [0.25, 0.3) is 6.08 Å². The molecule has 0 spiro atoms. The molecule has 0 bridgehead atoms. The number of hydrogen-bond acceptors (Lipinski definition) is 5. The average Bonchev–Trinajstić information content (AvgIpc) is 3.20. The number of rotatable bonds is 8. The molecular weight excluding hydrogens is 582 g/mol. The molecule has 6 nitrogen and oxygen atoms in total. The van der Waals surface area contributed by atoms with E-state index >= 15 is 0 Å². The number of halogens is 1. The van der Waals surface area contributed by atoms with Crippen LogP contribution in [0.2, 0.25) is 0 Å². The summed E-state index contributed by atoms with van der Waals surface area (Å²) in [6.45, 7) is 1.97. The molecule has 3 atom stereocenters. The Morgan fingerprint density at radius 2 is 1.66 bits per heavy atom. The molecule has 2 aliphatic rings. The summed E-state index contributed by atoms with van der Waals surface area (Å²) in [6.07, 6.45) is 2.87. The van der Waals surface area contributed by atoms with Crippen LogP contribution in [-0.2, 0) is 25.5 Å². The molecule has 1 aliphatic heterocycles. The summed E-state index contributed by atoms with van der Waals surface area (Å²) in [5.74, 6) is -2.10. The van der Waals surface area contributed by atoms with Crippen molar-refractivity contribution in [3.63, 3.8) is 0 Å². The van der Waals surface area contributed by atoms with Gasteiger partial charge in [0.05, 0.1) is 25.6 Å². The first-order valence-corrected chi connectivity index (χ1v) is 14.5. The zero-order valence-corrected chi connectivity index (χ0v) is 24.9. The van der Waals surface area contributed by atoms with E-state index in [0.717, 1.165) is 38.1 Å². The highest BCUT2D eigenvalue weighted by atomic mass is 79.9. The second-order valence-corrected chi connectivity index (χ2v) is 11.2. The Balaban J connectivity index is 1.76. The summed E-state index contributed by atoms with van der Waals surface area (Å²) in [5, 5.41) is 0. The Morgan fingerprint density at radius 3 is 2.29 bits per heavy atom. The maximum absolute atomic E-state index is 13.9. The first-order chi connectivity index (χ1) is 19.8. The average molecular weight is 615 g/mol. The Labute approximate surface area is 248 Å². The minimum absolute atomic E-state index is 0.194. The van der Waals surface area contributed by atoms with Crippen LogP contribution in [0.1, 0.15) is 36.0 Å². The Bertz CT molecular complexity index is 1510. The zero-order valence-electron chi connectivity index (χ0n) is 23.3. The van der Waals surface area contributed by atoms with Gasteiger partial charge in [0.1, 0.15) is 5.75 Å². The van der Waals surface area contributed by atoms with Gasteiger partial charge in [0.25, 0.3) is 0 Å². The number of fused-ring (bicyclic) bond motifs is 1. The molecule has 41 heavy (non-hydrogen) atoms. The summed E-state index contributed by atoms with van der Waals surface area (Å²) in [5.41, 5.74) is 4.90. The van der Waals surface area contributed by atoms with Gasteiger partial charge in [0, 0.05) is 23.0 Å². The fourth-order valence-electron chi connectivity index (χ4n) is 5.96. The largest absolute Gasteiger partial charge is 0.497 e. The molecule has 210 valence electrons. The molecule has 7 heteroatoms. The number of esters is 1. The maximum atomic E-state index is 13.9. The lowest BCUT2D eigenvalue weighted by Crippen LogP contribution is -2.35. The van der Waals surface area contributed by atoms with Crippen LogP contribution >= 0.6 is 15.9 Å². The smallest absolute Gasteiger partial charge is 0.334 e. The van der Waals surface area contributed by atoms with Crippen LogP contribution in [0.5, 0.6) is 5.75 Å². The lowest BCUT2D eigenvalue weighted by molar-refractivity contribution is -0.139. The SMILES string of the molecule is CCOC(=O)C1=C(/C(=C/c2ccc(OC)cc2)Cc2ccccc2)C[C@H]2C(=O)N(C)C(=O)[C@H]2[C@H]1c1ccc(Br)cc1. The predicted molar refractivity (Wildman–Crippen MR) is 161 cm³/mol. The third kappa shape index (κ3) is 5.77. The van der Waals surface area contributed by atoms with Crippen molar-refractivity contribution in [1.82, 2.24) is 4.90 Å². The molecule has 3 aromatic rings. The van der Waals surface area contributed by atoms with Crippen molar-refractivity contribution in [2.75, 3.05) is 20.8 Å². The normalized spacial score (nSPS) is 20.7. The van der Waals surface area contributed by atoms with Gasteiger partial charge in [0.15, 0.2) is 0 Å². The molecule has 1 fully saturated rings. The van der Waals surface area contributed by atoms with Gasteiger partial charge in [-0.25, -0.2) is 4.79 Å². The quantitative estimate of drug-likeness (QED) is 0.218. The van der Waals surface area contributed by atoms with Gasteiger partial charge in [-0.1, -0.05) is 76.6 Å². The number of ether oxygens (including phenoxy) is 2. The van der Waals surface area contributed by atoms with Crippen LogP contribution in [0, 0.1) is 11.8 Å². The van der Waals surface area contributed by atoms with Crippen molar-refractivity contribution < 1.29 is 23.9 Å². The second kappa shape index (κ2) is 12.3. The third-order valence-corrected chi connectivity index (χ3v) is 8.45. The number of hydrogen-bond donors (Lipinski definition) is 0. The van der Waals surface area contributed by atoms with E-state index in [4.69, 9.17) is 9.47 Å². The summed E-state index contributed by atoms with van der Waals surface area (Å²) in [6, 6.07) is 25.3. The number of benzene rings is 3. The number of imide groups is 1. The van der Waals surface area contributed by atoms with Gasteiger partial charge in [-0.3, -0.25) is 14.5 Å². The molecule has 1 aliphatic carbocycles. The van der Waals surface area contributed by atoms with Crippen molar-refractivity contribution >= 4 is 39.8 Å². The molecule has 1 heterocycles. The van der Waals surface area contributed by atoms with Crippen molar-refractivity contribution in [3.8, 4) is 5.75 Å². The first-order valence-electron chi connectivity index (χ1n) is 13.7. The topological polar surface area (TPSA) is 72.9 Å². The number of likely N-dealkylation sites (tertiary alicyclic amines) is 1. The number of nitrogens with zero attached hydrogens (tertiary/aromatic N) is 1. The van der Waals surface area contributed by atoms with Crippen molar-refractivity contribution in [2.24, 2.45) is 11.8 Å². The highest BCUT2D eigenvalue weighted by Gasteiger charge is 2.55. The van der Waals surface area contributed by atoms with Gasteiger partial charge in [-0.2, -0.15) is 0 Å². The van der Waals surface area contributed by atoms with Crippen LogP contribution < -0.4 is 4.74 Å². The van der Waals surface area contributed by atoms with E-state index in [1.165, 1.54) is 11.9 Å². The minimum Gasteiger partial charge on any atom is -0.497 e. The monoisotopic (exact) mass is 613 g/mol. The number of amides is 2. The van der Waals surface area contributed by atoms with E-state index < -0.39 is 23.7 Å². The van der Waals surface area contributed by atoms with E-state index in [1.807, 2.05) is 78.9 Å². The number of carbonyl (C=O) groups excluding carboxylic acids is 3. The Hall–Kier alpha value is -3.97. The molecule has 0 saturated carbocycles. The highest BCUT2D eigenvalue weighted by Crippen LogP contribution is 2.51. The molecule has 0 aromatic heterocycles. The van der Waals surface area contributed by atoms with E-state index in [9.17, 15) is 14.4 Å². The van der Waals surface area contributed by atoms with Crippen LogP contribution in [0.15, 0.2) is 100 Å². The fraction of sp³-hybridized carbons (Fsp3) is 0.265. The molecule has 2 amide bonds. The van der Waals surface area contributed by atoms with Gasteiger partial charge in [0.2, 0.25) is 11.8 Å². The lowest BCUT2D eigenvalue weighted by atomic mass is 9.65. The van der Waals surface area contributed by atoms with Crippen molar-refractivity contribution in [3.05, 3.63) is 117 Å². The first kappa shape index (κ1) is 28.6. The summed E-state index contributed by atoms with van der Waals surface area (Å²) >= 11 is 3.49. The zero-order chi connectivity index (χ0) is 29.1. The second-order valence-electron chi connectivity index (χ2n) is 10.3. The van der Waals surface area contributed by atoms with E-state index in [0.29, 0.717) is 12.0 Å². The number of allylic oxidation sites excluding steroid dienone is 2. The van der Waals surface area contributed by atoms with Crippen LogP contribution in [0.3, 0.4) is 0 Å². The van der Waals surface area contributed by atoms with Crippen molar-refractivity contribution in [1.29, 1.82) is 0 Å². The Kier molecular flexibility index (Phi) is 8.54. The fourth-order valence-corrected chi connectivity index (χ4v) is 6.23. The summed E-state index contributed by atoms with van der Waals surface area (Å²) in [7, 11) is 3.16. The highest BCUT2D eigenvalue weighted by molar-refractivity contribution is 9.10. The predicted octanol–water partition coefficient (Wildman–Crippen LogP) is 6.36. The molecular formula is C34H32BrNO5. The van der Waals surface area contributed by atoms with Gasteiger partial charge in [-0.15, -0.1) is 0 Å². The molecule has 3 aromatic carbocycles. The summed E-state index contributed by atoms with van der Waals surface area (Å²) in [4.78, 5) is 42.1. The van der Waals surface area contributed by atoms with Crippen molar-refractivity contribution in [2.45, 2.75) is 25.7 Å². The van der Waals surface area contributed by atoms with Crippen LogP contribution in [-0.4, -0.2) is 43.4 Å². The molecule has 0 unspecified atom stereocenters. The Morgan fingerprint density at radius 1 is 0.976 bits per heavy atom. The van der Waals surface area contributed by atoms with Gasteiger partial charge >= 0.3 is 5.97 Å². The summed E-state index contributed by atoms with van der Waals surface area (Å²) < 4.78 is 11.9. The van der Waals surface area contributed by atoms with E-state index in [1.54, 1.807) is 14.0 Å². The maximum Gasteiger partial charge on any atom is 0.334 e. The number of carbonyl (C=O) groups is 3. The van der Waals surface area contributed by atoms with E-state index in [2.05, 4.69) is 22.0 Å². The molecule has 0 N–H and O–H groups in total. The lowest BCUT2D eigenvalue weighted by Gasteiger charge is -2.35.